The first kappa shape index (κ1) is 8.49. The summed E-state index contributed by atoms with van der Waals surface area (Å²) in [5, 5.41) is 10.3. The number of carbonyl (C=O) groups excluding carboxylic acids is 1. The van der Waals surface area contributed by atoms with Crippen molar-refractivity contribution in [2.75, 3.05) is 0 Å². The second kappa shape index (κ2) is 3.19. The van der Waals surface area contributed by atoms with Crippen LogP contribution >= 0.6 is 27.3 Å². The van der Waals surface area contributed by atoms with E-state index in [9.17, 15) is 9.90 Å². The Labute approximate surface area is 76.3 Å². The molecule has 2 nitrogen and oxygen atoms in total. The van der Waals surface area contributed by atoms with E-state index >= 15 is 0 Å². The lowest BCUT2D eigenvalue weighted by atomic mass is 10.2. The van der Waals surface area contributed by atoms with Crippen molar-refractivity contribution in [1.29, 1.82) is 0 Å². The Morgan fingerprint density at radius 3 is 2.64 bits per heavy atom. The van der Waals surface area contributed by atoms with Gasteiger partial charge in [-0.3, -0.25) is 0 Å². The molecule has 0 aliphatic heterocycles. The van der Waals surface area contributed by atoms with Crippen molar-refractivity contribution in [3.63, 3.8) is 0 Å². The van der Waals surface area contributed by atoms with Crippen molar-refractivity contribution in [3.05, 3.63) is 27.4 Å². The lowest BCUT2D eigenvalue weighted by molar-refractivity contribution is -0.295. The molecule has 0 N–H and O–H groups in total. The largest absolute Gasteiger partial charge is 0.545 e. The number of hydrogen-bond acceptors (Lipinski definition) is 3. The minimum absolute atomic E-state index is 0.0284. The summed E-state index contributed by atoms with van der Waals surface area (Å²) in [7, 11) is 0. The summed E-state index contributed by atoms with van der Waals surface area (Å²) in [6.45, 7) is 3.37. The topological polar surface area (TPSA) is 40.1 Å². The molecule has 11 heavy (non-hydrogen) atoms. The van der Waals surface area contributed by atoms with Crippen LogP contribution in [0.15, 0.2) is 22.5 Å². The summed E-state index contributed by atoms with van der Waals surface area (Å²) >= 11 is 4.53. The molecule has 0 bridgehead atoms. The van der Waals surface area contributed by atoms with Crippen molar-refractivity contribution in [3.8, 4) is 0 Å². The van der Waals surface area contributed by atoms with Gasteiger partial charge in [-0.25, -0.2) is 0 Å². The molecule has 1 heterocycles. The standard InChI is InChI=1S/C7H5BrO2S/c1-4(7(9)10)5-2-3-6(8)11-5/h2-3H,1H2,(H,9,10)/p-1. The molecule has 58 valence electrons. The first-order chi connectivity index (χ1) is 5.11. The monoisotopic (exact) mass is 231 g/mol. The molecule has 1 rings (SSSR count). The van der Waals surface area contributed by atoms with Crippen LogP contribution in [-0.4, -0.2) is 5.97 Å². The average Bonchev–Trinajstić information content (AvgIpc) is 2.34. The van der Waals surface area contributed by atoms with Crippen molar-refractivity contribution in [1.82, 2.24) is 0 Å². The van der Waals surface area contributed by atoms with Gasteiger partial charge in [0.25, 0.3) is 0 Å². The summed E-state index contributed by atoms with van der Waals surface area (Å²) in [6, 6.07) is 3.46. The zero-order chi connectivity index (χ0) is 8.43. The van der Waals surface area contributed by atoms with E-state index in [0.29, 0.717) is 4.88 Å². The van der Waals surface area contributed by atoms with Crippen LogP contribution in [0, 0.1) is 0 Å². The van der Waals surface area contributed by atoms with E-state index in [1.165, 1.54) is 11.3 Å². The van der Waals surface area contributed by atoms with E-state index in [4.69, 9.17) is 0 Å². The van der Waals surface area contributed by atoms with E-state index in [1.807, 2.05) is 0 Å². The molecule has 0 unspecified atom stereocenters. The molecule has 0 aliphatic carbocycles. The van der Waals surface area contributed by atoms with E-state index < -0.39 is 5.97 Å². The van der Waals surface area contributed by atoms with Crippen LogP contribution in [0.4, 0.5) is 0 Å². The molecule has 0 atom stereocenters. The fourth-order valence-electron chi connectivity index (χ4n) is 0.577. The molecule has 0 saturated carbocycles. The van der Waals surface area contributed by atoms with Gasteiger partial charge < -0.3 is 9.90 Å². The Balaban J connectivity index is 2.94. The van der Waals surface area contributed by atoms with Crippen molar-refractivity contribution < 1.29 is 9.90 Å². The van der Waals surface area contributed by atoms with Gasteiger partial charge in [0.15, 0.2) is 0 Å². The Hall–Kier alpha value is -0.610. The number of rotatable bonds is 2. The second-order valence-corrected chi connectivity index (χ2v) is 4.33. The quantitative estimate of drug-likeness (QED) is 0.720. The van der Waals surface area contributed by atoms with Gasteiger partial charge in [-0.05, 0) is 28.1 Å². The summed E-state index contributed by atoms with van der Waals surface area (Å²) in [5.41, 5.74) is 0.0284. The number of thiophene rings is 1. The lowest BCUT2D eigenvalue weighted by Gasteiger charge is -2.01. The lowest BCUT2D eigenvalue weighted by Crippen LogP contribution is -2.22. The number of aliphatic carboxylic acids is 1. The van der Waals surface area contributed by atoms with E-state index in [0.717, 1.165) is 3.79 Å². The molecule has 0 aliphatic rings. The smallest absolute Gasteiger partial charge is 0.0723 e. The number of carboxylic acids is 1. The zero-order valence-corrected chi connectivity index (χ0v) is 7.87. The summed E-state index contributed by atoms with van der Waals surface area (Å²) < 4.78 is 0.884. The Morgan fingerprint density at radius 2 is 2.27 bits per heavy atom. The maximum Gasteiger partial charge on any atom is 0.0723 e. The third-order valence-electron chi connectivity index (χ3n) is 1.12. The third-order valence-corrected chi connectivity index (χ3v) is 2.80. The van der Waals surface area contributed by atoms with Crippen molar-refractivity contribution in [2.45, 2.75) is 0 Å². The van der Waals surface area contributed by atoms with Gasteiger partial charge in [0.1, 0.15) is 0 Å². The highest BCUT2D eigenvalue weighted by Crippen LogP contribution is 2.26. The van der Waals surface area contributed by atoms with Crippen LogP contribution in [-0.2, 0) is 4.79 Å². The fraction of sp³-hybridized carbons (Fsp3) is 0. The maximum absolute atomic E-state index is 10.3. The van der Waals surface area contributed by atoms with Gasteiger partial charge in [-0.1, -0.05) is 6.58 Å². The van der Waals surface area contributed by atoms with Gasteiger partial charge in [0.05, 0.1) is 9.76 Å². The third kappa shape index (κ3) is 1.91. The minimum atomic E-state index is -1.22. The Kier molecular flexibility index (Phi) is 2.46. The molecular formula is C7H4BrO2S-. The molecule has 0 fully saturated rings. The van der Waals surface area contributed by atoms with Crippen LogP contribution in [0.25, 0.3) is 5.57 Å². The molecule has 0 amide bonds. The average molecular weight is 232 g/mol. The molecule has 0 spiro atoms. The predicted molar refractivity (Wildman–Crippen MR) is 46.1 cm³/mol. The highest BCUT2D eigenvalue weighted by atomic mass is 79.9. The minimum Gasteiger partial charge on any atom is -0.545 e. The van der Waals surface area contributed by atoms with Crippen LogP contribution in [0.2, 0.25) is 0 Å². The second-order valence-electron chi connectivity index (χ2n) is 1.87. The zero-order valence-electron chi connectivity index (χ0n) is 5.46. The maximum atomic E-state index is 10.3. The molecule has 4 heteroatoms. The van der Waals surface area contributed by atoms with E-state index in [2.05, 4.69) is 22.5 Å². The first-order valence-electron chi connectivity index (χ1n) is 2.77. The van der Waals surface area contributed by atoms with Crippen LogP contribution in [0.5, 0.6) is 0 Å². The predicted octanol–water partition coefficient (Wildman–Crippen LogP) is 1.27. The normalized spacial score (nSPS) is 9.55. The SMILES string of the molecule is C=C(C(=O)[O-])c1ccc(Br)s1. The van der Waals surface area contributed by atoms with Gasteiger partial charge in [0.2, 0.25) is 0 Å². The summed E-state index contributed by atoms with van der Waals surface area (Å²) in [5.74, 6) is -1.22. The van der Waals surface area contributed by atoms with E-state index in [1.54, 1.807) is 12.1 Å². The Morgan fingerprint density at radius 1 is 1.64 bits per heavy atom. The number of halogens is 1. The molecule has 0 aromatic carbocycles. The molecule has 0 radical (unpaired) electrons. The van der Waals surface area contributed by atoms with E-state index in [-0.39, 0.29) is 5.57 Å². The number of hydrogen-bond donors (Lipinski definition) is 0. The van der Waals surface area contributed by atoms with Crippen molar-refractivity contribution >= 4 is 38.8 Å². The summed E-state index contributed by atoms with van der Waals surface area (Å²) in [4.78, 5) is 10.9. The van der Waals surface area contributed by atoms with Crippen molar-refractivity contribution in [2.24, 2.45) is 0 Å². The fourth-order valence-corrected chi connectivity index (χ4v) is 1.92. The Bertz CT molecular complexity index is 303. The number of carbonyl (C=O) groups is 1. The van der Waals surface area contributed by atoms with Gasteiger partial charge in [0, 0.05) is 10.5 Å². The highest BCUT2D eigenvalue weighted by molar-refractivity contribution is 9.11. The molecule has 1 aromatic heterocycles. The highest BCUT2D eigenvalue weighted by Gasteiger charge is 2.01. The first-order valence-corrected chi connectivity index (χ1v) is 4.38. The van der Waals surface area contributed by atoms with Crippen LogP contribution < -0.4 is 5.11 Å². The molecule has 1 aromatic rings. The summed E-state index contributed by atoms with van der Waals surface area (Å²) in [6.07, 6.45) is 0. The van der Waals surface area contributed by atoms with Gasteiger partial charge in [-0.2, -0.15) is 0 Å². The molecular weight excluding hydrogens is 228 g/mol. The van der Waals surface area contributed by atoms with Crippen LogP contribution in [0.3, 0.4) is 0 Å². The molecule has 0 saturated heterocycles. The van der Waals surface area contributed by atoms with Gasteiger partial charge in [-0.15, -0.1) is 11.3 Å². The number of carboxylic acid groups (broad SMARTS) is 1. The van der Waals surface area contributed by atoms with Crippen LogP contribution in [0.1, 0.15) is 4.88 Å². The van der Waals surface area contributed by atoms with Gasteiger partial charge >= 0.3 is 0 Å².